The third kappa shape index (κ3) is 4.48. The van der Waals surface area contributed by atoms with Gasteiger partial charge in [0.25, 0.3) is 5.91 Å². The zero-order valence-electron chi connectivity index (χ0n) is 16.9. The third-order valence-electron chi connectivity index (χ3n) is 4.55. The highest BCUT2D eigenvalue weighted by atomic mass is 19.1. The fourth-order valence-corrected chi connectivity index (χ4v) is 3.01. The molecule has 0 aliphatic carbocycles. The highest BCUT2D eigenvalue weighted by Crippen LogP contribution is 2.27. The van der Waals surface area contributed by atoms with Crippen molar-refractivity contribution in [2.75, 3.05) is 20.8 Å². The molecule has 0 aliphatic heterocycles. The van der Waals surface area contributed by atoms with Gasteiger partial charge in [0, 0.05) is 18.3 Å². The van der Waals surface area contributed by atoms with E-state index in [2.05, 4.69) is 10.4 Å². The van der Waals surface area contributed by atoms with Crippen LogP contribution < -0.4 is 20.2 Å². The number of nitrogens with zero attached hydrogens (tertiary/aromatic N) is 2. The number of hydrogen-bond acceptors (Lipinski definition) is 5. The Bertz CT molecular complexity index is 1130. The Morgan fingerprint density at radius 1 is 1.10 bits per heavy atom. The summed E-state index contributed by atoms with van der Waals surface area (Å²) in [7, 11) is 3.10. The van der Waals surface area contributed by atoms with Crippen LogP contribution in [0.2, 0.25) is 0 Å². The Balaban J connectivity index is 1.75. The van der Waals surface area contributed by atoms with Crippen molar-refractivity contribution in [2.45, 2.75) is 13.3 Å². The van der Waals surface area contributed by atoms with Gasteiger partial charge in [-0.1, -0.05) is 18.2 Å². The van der Waals surface area contributed by atoms with Crippen molar-refractivity contribution < 1.29 is 18.7 Å². The van der Waals surface area contributed by atoms with Crippen molar-refractivity contribution >= 4 is 5.91 Å². The minimum atomic E-state index is -0.620. The average molecular weight is 411 g/mol. The molecule has 3 aromatic rings. The maximum Gasteiger partial charge on any atom is 0.275 e. The minimum Gasteiger partial charge on any atom is -0.493 e. The van der Waals surface area contributed by atoms with Crippen LogP contribution in [0.25, 0.3) is 5.69 Å². The second kappa shape index (κ2) is 9.21. The number of amides is 1. The molecule has 0 spiro atoms. The maximum absolute atomic E-state index is 14.1. The average Bonchev–Trinajstić information content (AvgIpc) is 2.74. The lowest BCUT2D eigenvalue weighted by Gasteiger charge is -2.12. The number of hydrogen-bond donors (Lipinski definition) is 1. The van der Waals surface area contributed by atoms with Crippen molar-refractivity contribution in [3.63, 3.8) is 0 Å². The summed E-state index contributed by atoms with van der Waals surface area (Å²) in [6.45, 7) is 1.91. The molecular weight excluding hydrogens is 389 g/mol. The van der Waals surface area contributed by atoms with Gasteiger partial charge in [0.2, 0.25) is 5.43 Å². The monoisotopic (exact) mass is 411 g/mol. The van der Waals surface area contributed by atoms with Crippen LogP contribution in [-0.2, 0) is 6.42 Å². The van der Waals surface area contributed by atoms with Crippen LogP contribution in [0.5, 0.6) is 11.5 Å². The molecule has 0 unspecified atom stereocenters. The Labute approximate surface area is 173 Å². The third-order valence-corrected chi connectivity index (χ3v) is 4.55. The van der Waals surface area contributed by atoms with Gasteiger partial charge in [0.15, 0.2) is 17.2 Å². The molecule has 156 valence electrons. The molecule has 0 atom stereocenters. The quantitative estimate of drug-likeness (QED) is 0.646. The Kier molecular flexibility index (Phi) is 6.46. The van der Waals surface area contributed by atoms with Gasteiger partial charge in [0.1, 0.15) is 11.5 Å². The highest BCUT2D eigenvalue weighted by Gasteiger charge is 2.16. The summed E-state index contributed by atoms with van der Waals surface area (Å²) in [5.74, 6) is 0.0827. The van der Waals surface area contributed by atoms with E-state index in [0.717, 1.165) is 5.56 Å². The lowest BCUT2D eigenvalue weighted by atomic mass is 10.1. The van der Waals surface area contributed by atoms with Gasteiger partial charge in [-0.3, -0.25) is 9.59 Å². The molecule has 30 heavy (non-hydrogen) atoms. The van der Waals surface area contributed by atoms with Crippen molar-refractivity contribution in [3.8, 4) is 17.2 Å². The van der Waals surface area contributed by atoms with Gasteiger partial charge in [-0.25, -0.2) is 9.07 Å². The van der Waals surface area contributed by atoms with Crippen LogP contribution in [0.15, 0.2) is 53.3 Å². The first-order valence-corrected chi connectivity index (χ1v) is 9.29. The number of carbonyl (C=O) groups excluding carboxylic acids is 1. The first-order chi connectivity index (χ1) is 14.4. The number of aryl methyl sites for hydroxylation is 1. The van der Waals surface area contributed by atoms with Gasteiger partial charge in [-0.2, -0.15) is 5.10 Å². The minimum absolute atomic E-state index is 0.161. The van der Waals surface area contributed by atoms with Crippen LogP contribution >= 0.6 is 0 Å². The summed E-state index contributed by atoms with van der Waals surface area (Å²) in [4.78, 5) is 24.8. The molecule has 0 bridgehead atoms. The van der Waals surface area contributed by atoms with E-state index in [0.29, 0.717) is 23.6 Å². The number of carbonyl (C=O) groups is 1. The summed E-state index contributed by atoms with van der Waals surface area (Å²) in [6.07, 6.45) is 0.513. The molecular formula is C22H22FN3O4. The second-order valence-electron chi connectivity index (χ2n) is 6.56. The summed E-state index contributed by atoms with van der Waals surface area (Å²) < 4.78 is 25.9. The van der Waals surface area contributed by atoms with Crippen LogP contribution in [0.3, 0.4) is 0 Å². The molecule has 1 aromatic heterocycles. The zero-order valence-corrected chi connectivity index (χ0v) is 16.9. The molecule has 0 saturated carbocycles. The van der Waals surface area contributed by atoms with Crippen molar-refractivity contribution in [2.24, 2.45) is 0 Å². The molecule has 1 N–H and O–H groups in total. The van der Waals surface area contributed by atoms with E-state index in [1.54, 1.807) is 39.3 Å². The first kappa shape index (κ1) is 21.0. The fraction of sp³-hybridized carbons (Fsp3) is 0.227. The van der Waals surface area contributed by atoms with Gasteiger partial charge in [-0.05, 0) is 43.2 Å². The smallest absolute Gasteiger partial charge is 0.275 e. The van der Waals surface area contributed by atoms with E-state index in [1.165, 1.54) is 22.9 Å². The molecule has 2 aromatic carbocycles. The summed E-state index contributed by atoms with van der Waals surface area (Å²) >= 11 is 0. The number of para-hydroxylation sites is 1. The standard InChI is InChI=1S/C22H22FN3O4/c1-14-12-18(27)21(25-26(14)17-7-5-4-6-16(17)23)22(28)24-11-10-15-8-9-19(29-2)20(13-15)30-3/h4-9,12-13H,10-11H2,1-3H3,(H,24,28). The van der Waals surface area contributed by atoms with E-state index in [1.807, 2.05) is 12.1 Å². The van der Waals surface area contributed by atoms with Crippen LogP contribution in [0.1, 0.15) is 21.7 Å². The number of ether oxygens (including phenoxy) is 2. The normalized spacial score (nSPS) is 10.5. The number of nitrogens with one attached hydrogen (secondary N) is 1. The number of methoxy groups -OCH3 is 2. The molecule has 7 nitrogen and oxygen atoms in total. The highest BCUT2D eigenvalue weighted by molar-refractivity contribution is 5.92. The number of aromatic nitrogens is 2. The molecule has 0 saturated heterocycles. The fourth-order valence-electron chi connectivity index (χ4n) is 3.01. The Morgan fingerprint density at radius 2 is 1.83 bits per heavy atom. The molecule has 1 heterocycles. The van der Waals surface area contributed by atoms with E-state index in [9.17, 15) is 14.0 Å². The predicted octanol–water partition coefficient (Wildman–Crippen LogP) is 2.67. The molecule has 3 rings (SSSR count). The number of rotatable bonds is 7. The second-order valence-corrected chi connectivity index (χ2v) is 6.56. The SMILES string of the molecule is COc1ccc(CCNC(=O)c2nn(-c3ccccc3F)c(C)cc2=O)cc1OC. The summed E-state index contributed by atoms with van der Waals surface area (Å²) in [5.41, 5.74) is 0.690. The van der Waals surface area contributed by atoms with E-state index in [4.69, 9.17) is 9.47 Å². The number of halogens is 1. The Morgan fingerprint density at radius 3 is 2.53 bits per heavy atom. The van der Waals surface area contributed by atoms with Crippen molar-refractivity contribution in [3.05, 3.63) is 81.5 Å². The summed E-state index contributed by atoms with van der Waals surface area (Å²) in [5, 5.41) is 6.78. The lowest BCUT2D eigenvalue weighted by molar-refractivity contribution is 0.0946. The lowest BCUT2D eigenvalue weighted by Crippen LogP contribution is -2.33. The van der Waals surface area contributed by atoms with E-state index < -0.39 is 17.2 Å². The topological polar surface area (TPSA) is 82.5 Å². The Hall–Kier alpha value is -3.68. The molecule has 0 radical (unpaired) electrons. The van der Waals surface area contributed by atoms with Gasteiger partial charge < -0.3 is 14.8 Å². The molecule has 1 amide bonds. The number of benzene rings is 2. The largest absolute Gasteiger partial charge is 0.493 e. The predicted molar refractivity (Wildman–Crippen MR) is 110 cm³/mol. The van der Waals surface area contributed by atoms with E-state index >= 15 is 0 Å². The molecule has 0 aliphatic rings. The van der Waals surface area contributed by atoms with Crippen LogP contribution in [0, 0.1) is 12.7 Å². The molecule has 0 fully saturated rings. The first-order valence-electron chi connectivity index (χ1n) is 9.29. The van der Waals surface area contributed by atoms with Crippen molar-refractivity contribution in [1.82, 2.24) is 15.1 Å². The zero-order chi connectivity index (χ0) is 21.7. The van der Waals surface area contributed by atoms with Gasteiger partial charge >= 0.3 is 0 Å². The molecule has 8 heteroatoms. The van der Waals surface area contributed by atoms with Gasteiger partial charge in [0.05, 0.1) is 14.2 Å². The van der Waals surface area contributed by atoms with Crippen LogP contribution in [0.4, 0.5) is 4.39 Å². The van der Waals surface area contributed by atoms with Crippen molar-refractivity contribution in [1.29, 1.82) is 0 Å². The summed E-state index contributed by atoms with van der Waals surface area (Å²) in [6, 6.07) is 12.8. The maximum atomic E-state index is 14.1. The van der Waals surface area contributed by atoms with E-state index in [-0.39, 0.29) is 17.9 Å². The van der Waals surface area contributed by atoms with Crippen LogP contribution in [-0.4, -0.2) is 36.5 Å². The van der Waals surface area contributed by atoms with Gasteiger partial charge in [-0.15, -0.1) is 0 Å².